The summed E-state index contributed by atoms with van der Waals surface area (Å²) in [7, 11) is 3.74. The molecule has 1 aliphatic heterocycles. The lowest BCUT2D eigenvalue weighted by Crippen LogP contribution is -2.46. The summed E-state index contributed by atoms with van der Waals surface area (Å²) in [5.41, 5.74) is 2.68. The van der Waals surface area contributed by atoms with Crippen molar-refractivity contribution in [2.75, 3.05) is 43.8 Å². The van der Waals surface area contributed by atoms with Crippen molar-refractivity contribution in [3.8, 4) is 5.88 Å². The first-order chi connectivity index (χ1) is 21.5. The Hall–Kier alpha value is -4.41. The number of aromatic nitrogens is 4. The van der Waals surface area contributed by atoms with Crippen molar-refractivity contribution in [2.24, 2.45) is 5.92 Å². The number of para-hydroxylation sites is 2. The van der Waals surface area contributed by atoms with Crippen LogP contribution in [-0.4, -0.2) is 76.1 Å². The fourth-order valence-electron chi connectivity index (χ4n) is 6.05. The van der Waals surface area contributed by atoms with Crippen molar-refractivity contribution in [3.63, 3.8) is 0 Å². The van der Waals surface area contributed by atoms with Crippen molar-refractivity contribution in [3.05, 3.63) is 72.2 Å². The molecular weight excluding hydrogens is 573 g/mol. The van der Waals surface area contributed by atoms with Gasteiger partial charge < -0.3 is 28.7 Å². The molecule has 0 radical (unpaired) electrons. The highest BCUT2D eigenvalue weighted by molar-refractivity contribution is 5.79. The van der Waals surface area contributed by atoms with E-state index in [1.807, 2.05) is 51.2 Å². The van der Waals surface area contributed by atoms with Crippen LogP contribution in [0.15, 0.2) is 60.8 Å². The molecule has 3 heterocycles. The van der Waals surface area contributed by atoms with Gasteiger partial charge in [-0.2, -0.15) is 4.98 Å². The van der Waals surface area contributed by atoms with E-state index in [9.17, 15) is 9.18 Å². The minimum Gasteiger partial charge on any atom is -0.440 e. The molecule has 0 saturated carbocycles. The van der Waals surface area contributed by atoms with Crippen LogP contribution in [0.3, 0.4) is 0 Å². The normalized spacial score (nSPS) is 14.2. The van der Waals surface area contributed by atoms with Crippen molar-refractivity contribution < 1.29 is 18.7 Å². The molecule has 1 amide bonds. The van der Waals surface area contributed by atoms with Gasteiger partial charge >= 0.3 is 6.09 Å². The number of fused-ring (bicyclic) bond motifs is 1. The van der Waals surface area contributed by atoms with E-state index in [2.05, 4.69) is 44.2 Å². The maximum absolute atomic E-state index is 13.5. The van der Waals surface area contributed by atoms with Crippen LogP contribution in [0.25, 0.3) is 11.0 Å². The molecule has 1 saturated heterocycles. The molecule has 45 heavy (non-hydrogen) atoms. The summed E-state index contributed by atoms with van der Waals surface area (Å²) in [5.74, 6) is 2.02. The van der Waals surface area contributed by atoms with E-state index in [1.54, 1.807) is 24.2 Å². The van der Waals surface area contributed by atoms with Crippen LogP contribution >= 0.6 is 0 Å². The lowest BCUT2D eigenvalue weighted by Gasteiger charge is -2.37. The second-order valence-corrected chi connectivity index (χ2v) is 12.8. The topological polar surface area (TPSA) is 88.9 Å². The van der Waals surface area contributed by atoms with E-state index in [1.165, 1.54) is 12.1 Å². The quantitative estimate of drug-likeness (QED) is 0.180. The third-order valence-corrected chi connectivity index (χ3v) is 8.60. The highest BCUT2D eigenvalue weighted by Gasteiger charge is 2.30. The molecule has 240 valence electrons. The molecule has 2 aromatic carbocycles. The minimum atomic E-state index is -0.440. The number of ether oxygens (including phenoxy) is 2. The molecule has 0 unspecified atom stereocenters. The maximum atomic E-state index is 13.5. The van der Waals surface area contributed by atoms with Crippen molar-refractivity contribution in [1.82, 2.24) is 24.4 Å². The molecule has 2 aromatic heterocycles. The molecule has 5 rings (SSSR count). The highest BCUT2D eigenvalue weighted by Crippen LogP contribution is 2.29. The van der Waals surface area contributed by atoms with Crippen LogP contribution in [0.5, 0.6) is 5.88 Å². The summed E-state index contributed by atoms with van der Waals surface area (Å²) in [6, 6.07) is 16.6. The molecule has 11 heteroatoms. The number of benzene rings is 2. The van der Waals surface area contributed by atoms with Gasteiger partial charge in [0.05, 0.1) is 17.6 Å². The van der Waals surface area contributed by atoms with Crippen molar-refractivity contribution in [1.29, 1.82) is 0 Å². The standard InChI is InChI=1S/C34H44FN7O3/c1-24(2)21-34(3,4)40(6)33(43)45-23-44-30-15-18-36-31(38-30)39(5)27-16-19-41(20-17-27)32-37-28-9-7-8-10-29(28)42(32)22-25-11-13-26(35)14-12-25/h7-15,18,24,27H,16-17,19-23H2,1-6H3. The zero-order chi connectivity index (χ0) is 32.1. The summed E-state index contributed by atoms with van der Waals surface area (Å²) < 4.78 is 26.8. The highest BCUT2D eigenvalue weighted by atomic mass is 19.1. The van der Waals surface area contributed by atoms with Gasteiger partial charge in [-0.3, -0.25) is 0 Å². The van der Waals surface area contributed by atoms with E-state index in [-0.39, 0.29) is 24.2 Å². The Bertz CT molecular complexity index is 1580. The number of carbonyl (C=O) groups excluding carboxylic acids is 1. The van der Waals surface area contributed by atoms with Crippen LogP contribution in [0.4, 0.5) is 21.1 Å². The molecule has 0 atom stereocenters. The predicted octanol–water partition coefficient (Wildman–Crippen LogP) is 6.35. The molecule has 0 spiro atoms. The number of hydrogen-bond donors (Lipinski definition) is 0. The second-order valence-electron chi connectivity index (χ2n) is 12.8. The van der Waals surface area contributed by atoms with Gasteiger partial charge in [-0.25, -0.2) is 19.2 Å². The van der Waals surface area contributed by atoms with E-state index >= 15 is 0 Å². The molecular formula is C34H44FN7O3. The van der Waals surface area contributed by atoms with Gasteiger partial charge in [0.2, 0.25) is 24.6 Å². The van der Waals surface area contributed by atoms with Crippen molar-refractivity contribution >= 4 is 29.0 Å². The Morgan fingerprint density at radius 3 is 2.47 bits per heavy atom. The third-order valence-electron chi connectivity index (χ3n) is 8.60. The van der Waals surface area contributed by atoms with Gasteiger partial charge in [-0.1, -0.05) is 38.1 Å². The SMILES string of the molecule is CC(C)CC(C)(C)N(C)C(=O)OCOc1ccnc(N(C)C2CCN(c3nc4ccccc4n3Cc3ccc(F)cc3)CC2)n1. The summed E-state index contributed by atoms with van der Waals surface area (Å²) in [6.07, 6.45) is 3.85. The molecule has 0 N–H and O–H groups in total. The Labute approximate surface area is 264 Å². The Kier molecular flexibility index (Phi) is 9.74. The molecule has 1 fully saturated rings. The lowest BCUT2D eigenvalue weighted by atomic mass is 9.92. The Morgan fingerprint density at radius 1 is 1.04 bits per heavy atom. The third kappa shape index (κ3) is 7.64. The zero-order valence-electron chi connectivity index (χ0n) is 27.1. The van der Waals surface area contributed by atoms with Crippen LogP contribution in [-0.2, 0) is 11.3 Å². The monoisotopic (exact) mass is 617 g/mol. The predicted molar refractivity (Wildman–Crippen MR) is 174 cm³/mol. The van der Waals surface area contributed by atoms with E-state index in [0.717, 1.165) is 54.9 Å². The van der Waals surface area contributed by atoms with Gasteiger partial charge in [-0.05, 0) is 68.9 Å². The first-order valence-electron chi connectivity index (χ1n) is 15.6. The molecule has 10 nitrogen and oxygen atoms in total. The number of imidazole rings is 1. The number of piperidine rings is 1. The van der Waals surface area contributed by atoms with E-state index < -0.39 is 6.09 Å². The Morgan fingerprint density at radius 2 is 1.76 bits per heavy atom. The largest absolute Gasteiger partial charge is 0.440 e. The van der Waals surface area contributed by atoms with Crippen LogP contribution in [0, 0.1) is 11.7 Å². The zero-order valence-corrected chi connectivity index (χ0v) is 27.1. The average Bonchev–Trinajstić information content (AvgIpc) is 3.39. The number of amides is 1. The summed E-state index contributed by atoms with van der Waals surface area (Å²) >= 11 is 0. The van der Waals surface area contributed by atoms with Gasteiger partial charge in [-0.15, -0.1) is 0 Å². The van der Waals surface area contributed by atoms with Gasteiger partial charge in [0.1, 0.15) is 5.82 Å². The fraction of sp³-hybridized carbons (Fsp3) is 0.471. The van der Waals surface area contributed by atoms with Gasteiger partial charge in [0.25, 0.3) is 0 Å². The number of anilines is 2. The number of halogens is 1. The van der Waals surface area contributed by atoms with Gasteiger partial charge in [0.15, 0.2) is 0 Å². The number of carbonyl (C=O) groups is 1. The summed E-state index contributed by atoms with van der Waals surface area (Å²) in [5, 5.41) is 0. The number of rotatable bonds is 11. The minimum absolute atomic E-state index is 0.223. The van der Waals surface area contributed by atoms with Gasteiger partial charge in [0, 0.05) is 51.0 Å². The number of hydrogen-bond acceptors (Lipinski definition) is 8. The lowest BCUT2D eigenvalue weighted by molar-refractivity contribution is 0.0166. The molecule has 0 bridgehead atoms. The smallest absolute Gasteiger partial charge is 0.412 e. The molecule has 0 aliphatic carbocycles. The maximum Gasteiger partial charge on any atom is 0.412 e. The first kappa shape index (κ1) is 32.0. The first-order valence-corrected chi connectivity index (χ1v) is 15.6. The van der Waals surface area contributed by atoms with E-state index in [0.29, 0.717) is 24.3 Å². The van der Waals surface area contributed by atoms with E-state index in [4.69, 9.17) is 14.5 Å². The second kappa shape index (κ2) is 13.7. The van der Waals surface area contributed by atoms with Crippen molar-refractivity contribution in [2.45, 2.75) is 65.1 Å². The molecule has 4 aromatic rings. The Balaban J connectivity index is 1.19. The number of nitrogens with zero attached hydrogens (tertiary/aromatic N) is 7. The van der Waals surface area contributed by atoms with Crippen LogP contribution < -0.4 is 14.5 Å². The molecule has 1 aliphatic rings. The average molecular weight is 618 g/mol. The fourth-order valence-corrected chi connectivity index (χ4v) is 6.05. The summed E-state index contributed by atoms with van der Waals surface area (Å²) in [4.78, 5) is 32.7. The van der Waals surface area contributed by atoms with Crippen LogP contribution in [0.2, 0.25) is 0 Å². The van der Waals surface area contributed by atoms with Crippen LogP contribution in [0.1, 0.15) is 52.5 Å². The summed E-state index contributed by atoms with van der Waals surface area (Å²) in [6.45, 7) is 10.3.